The Morgan fingerprint density at radius 2 is 1.70 bits per heavy atom. The zero-order valence-electron chi connectivity index (χ0n) is 12.7. The van der Waals surface area contributed by atoms with Crippen LogP contribution in [0.1, 0.15) is 12.5 Å². The lowest BCUT2D eigenvalue weighted by atomic mass is 9.82. The molecule has 2 rings (SSSR count). The van der Waals surface area contributed by atoms with Crippen molar-refractivity contribution in [2.45, 2.75) is 24.5 Å². The van der Waals surface area contributed by atoms with Gasteiger partial charge in [-0.15, -0.1) is 0 Å². The van der Waals surface area contributed by atoms with E-state index in [4.69, 9.17) is 15.2 Å². The van der Waals surface area contributed by atoms with Gasteiger partial charge in [0.05, 0.1) is 12.2 Å². The molecule has 3 unspecified atom stereocenters. The zero-order chi connectivity index (χ0) is 14.6. The second-order valence-electron chi connectivity index (χ2n) is 5.87. The van der Waals surface area contributed by atoms with Crippen LogP contribution in [-0.4, -0.2) is 57.5 Å². The van der Waals surface area contributed by atoms with Gasteiger partial charge in [0.1, 0.15) is 0 Å². The van der Waals surface area contributed by atoms with Crippen molar-refractivity contribution in [1.29, 1.82) is 0 Å². The highest BCUT2D eigenvalue weighted by molar-refractivity contribution is 5.25. The van der Waals surface area contributed by atoms with Gasteiger partial charge in [-0.3, -0.25) is 4.90 Å². The van der Waals surface area contributed by atoms with Gasteiger partial charge in [-0.25, -0.2) is 0 Å². The molecule has 0 radical (unpaired) electrons. The fraction of sp³-hybridized carbons (Fsp3) is 0.625. The molecule has 1 aromatic rings. The quantitative estimate of drug-likeness (QED) is 0.851. The fourth-order valence-corrected chi connectivity index (χ4v) is 3.01. The summed E-state index contributed by atoms with van der Waals surface area (Å²) in [5, 5.41) is 0. The molecule has 0 saturated carbocycles. The standard InChI is InChI=1S/C16H26N2O2/c1-16(11-17,13-7-5-4-6-8-13)12-18-9-14(19-2)15(10-18)20-3/h4-8,14-15H,9-12,17H2,1-3H3. The topological polar surface area (TPSA) is 47.7 Å². The summed E-state index contributed by atoms with van der Waals surface area (Å²) >= 11 is 0. The average Bonchev–Trinajstić information content (AvgIpc) is 2.89. The van der Waals surface area contributed by atoms with Crippen molar-refractivity contribution in [2.75, 3.05) is 40.4 Å². The summed E-state index contributed by atoms with van der Waals surface area (Å²) < 4.78 is 11.0. The van der Waals surface area contributed by atoms with Crippen LogP contribution in [0.2, 0.25) is 0 Å². The molecule has 1 aromatic carbocycles. The smallest absolute Gasteiger partial charge is 0.0971 e. The zero-order valence-corrected chi connectivity index (χ0v) is 12.7. The molecule has 4 nitrogen and oxygen atoms in total. The van der Waals surface area contributed by atoms with Crippen molar-refractivity contribution in [2.24, 2.45) is 5.73 Å². The van der Waals surface area contributed by atoms with Crippen molar-refractivity contribution < 1.29 is 9.47 Å². The highest BCUT2D eigenvalue weighted by Gasteiger charge is 2.37. The molecule has 20 heavy (non-hydrogen) atoms. The van der Waals surface area contributed by atoms with Crippen molar-refractivity contribution >= 4 is 0 Å². The minimum Gasteiger partial charge on any atom is -0.377 e. The van der Waals surface area contributed by atoms with Crippen molar-refractivity contribution in [3.63, 3.8) is 0 Å². The lowest BCUT2D eigenvalue weighted by molar-refractivity contribution is -0.00461. The molecule has 1 saturated heterocycles. The van der Waals surface area contributed by atoms with E-state index < -0.39 is 0 Å². The fourth-order valence-electron chi connectivity index (χ4n) is 3.01. The monoisotopic (exact) mass is 278 g/mol. The normalized spacial score (nSPS) is 26.6. The molecule has 1 heterocycles. The first-order chi connectivity index (χ1) is 9.62. The third-order valence-corrected chi connectivity index (χ3v) is 4.39. The number of nitrogens with two attached hydrogens (primary N) is 1. The molecule has 0 amide bonds. The number of ether oxygens (including phenoxy) is 2. The molecule has 112 valence electrons. The summed E-state index contributed by atoms with van der Waals surface area (Å²) in [5.41, 5.74) is 7.31. The Kier molecular flexibility index (Phi) is 5.16. The highest BCUT2D eigenvalue weighted by atomic mass is 16.5. The summed E-state index contributed by atoms with van der Waals surface area (Å²) in [6, 6.07) is 10.5. The highest BCUT2D eigenvalue weighted by Crippen LogP contribution is 2.26. The van der Waals surface area contributed by atoms with Crippen LogP contribution in [0.4, 0.5) is 0 Å². The van der Waals surface area contributed by atoms with Crippen LogP contribution in [0.5, 0.6) is 0 Å². The van der Waals surface area contributed by atoms with E-state index in [2.05, 4.69) is 36.1 Å². The summed E-state index contributed by atoms with van der Waals surface area (Å²) in [6.07, 6.45) is 0.301. The first-order valence-electron chi connectivity index (χ1n) is 7.16. The Morgan fingerprint density at radius 3 is 2.15 bits per heavy atom. The minimum absolute atomic E-state index is 0.0395. The van der Waals surface area contributed by atoms with E-state index in [1.165, 1.54) is 5.56 Å². The summed E-state index contributed by atoms with van der Waals surface area (Å²) in [4.78, 5) is 2.39. The average molecular weight is 278 g/mol. The molecule has 0 spiro atoms. The van der Waals surface area contributed by atoms with Crippen molar-refractivity contribution in [3.8, 4) is 0 Å². The predicted molar refractivity (Wildman–Crippen MR) is 80.9 cm³/mol. The van der Waals surface area contributed by atoms with Crippen LogP contribution in [0.3, 0.4) is 0 Å². The molecule has 1 aliphatic rings. The van der Waals surface area contributed by atoms with E-state index in [1.807, 2.05) is 6.07 Å². The van der Waals surface area contributed by atoms with Crippen LogP contribution in [0.15, 0.2) is 30.3 Å². The number of nitrogens with zero attached hydrogens (tertiary/aromatic N) is 1. The Hall–Kier alpha value is -0.940. The largest absolute Gasteiger partial charge is 0.377 e. The predicted octanol–water partition coefficient (Wildman–Crippen LogP) is 1.25. The maximum Gasteiger partial charge on any atom is 0.0971 e. The number of benzene rings is 1. The Morgan fingerprint density at radius 1 is 1.15 bits per heavy atom. The molecule has 2 N–H and O–H groups in total. The Labute approximate surface area is 121 Å². The van der Waals surface area contributed by atoms with Crippen LogP contribution in [0.25, 0.3) is 0 Å². The van der Waals surface area contributed by atoms with Crippen LogP contribution in [0, 0.1) is 0 Å². The second kappa shape index (κ2) is 6.68. The number of likely N-dealkylation sites (tertiary alicyclic amines) is 1. The van der Waals surface area contributed by atoms with E-state index in [1.54, 1.807) is 14.2 Å². The maximum atomic E-state index is 6.06. The van der Waals surface area contributed by atoms with Gasteiger partial charge in [0.2, 0.25) is 0 Å². The second-order valence-corrected chi connectivity index (χ2v) is 5.87. The molecular formula is C16H26N2O2. The van der Waals surface area contributed by atoms with E-state index in [0.29, 0.717) is 6.54 Å². The third kappa shape index (κ3) is 3.20. The van der Waals surface area contributed by atoms with Gasteiger partial charge < -0.3 is 15.2 Å². The van der Waals surface area contributed by atoms with Gasteiger partial charge >= 0.3 is 0 Å². The summed E-state index contributed by atoms with van der Waals surface area (Å²) in [5.74, 6) is 0. The van der Waals surface area contributed by atoms with Crippen LogP contribution < -0.4 is 5.73 Å². The van der Waals surface area contributed by atoms with Crippen LogP contribution in [-0.2, 0) is 14.9 Å². The Balaban J connectivity index is 2.08. The van der Waals surface area contributed by atoms with Gasteiger partial charge in [-0.2, -0.15) is 0 Å². The van der Waals surface area contributed by atoms with Gasteiger partial charge in [-0.05, 0) is 5.56 Å². The van der Waals surface area contributed by atoms with Gasteiger partial charge in [-0.1, -0.05) is 37.3 Å². The van der Waals surface area contributed by atoms with Gasteiger partial charge in [0.25, 0.3) is 0 Å². The van der Waals surface area contributed by atoms with Gasteiger partial charge in [0, 0.05) is 45.8 Å². The lowest BCUT2D eigenvalue weighted by Gasteiger charge is -2.33. The van der Waals surface area contributed by atoms with E-state index in [-0.39, 0.29) is 17.6 Å². The Bertz CT molecular complexity index is 400. The SMILES string of the molecule is COC1CN(CC(C)(CN)c2ccccc2)CC1OC. The first kappa shape index (κ1) is 15.4. The molecule has 1 fully saturated rings. The molecule has 0 bridgehead atoms. The first-order valence-corrected chi connectivity index (χ1v) is 7.16. The minimum atomic E-state index is -0.0395. The molecule has 1 aliphatic heterocycles. The number of hydrogen-bond acceptors (Lipinski definition) is 4. The van der Waals surface area contributed by atoms with Crippen molar-refractivity contribution in [3.05, 3.63) is 35.9 Å². The third-order valence-electron chi connectivity index (χ3n) is 4.39. The molecule has 4 heteroatoms. The summed E-state index contributed by atoms with van der Waals surface area (Å²) in [6.45, 7) is 5.58. The lowest BCUT2D eigenvalue weighted by Crippen LogP contribution is -2.43. The molecular weight excluding hydrogens is 252 g/mol. The van der Waals surface area contributed by atoms with E-state index >= 15 is 0 Å². The molecule has 0 aromatic heterocycles. The number of rotatable bonds is 6. The van der Waals surface area contributed by atoms with E-state index in [9.17, 15) is 0 Å². The summed E-state index contributed by atoms with van der Waals surface area (Å²) in [7, 11) is 3.50. The maximum absolute atomic E-state index is 6.06. The van der Waals surface area contributed by atoms with Gasteiger partial charge in [0.15, 0.2) is 0 Å². The van der Waals surface area contributed by atoms with E-state index in [0.717, 1.165) is 19.6 Å². The molecule has 3 atom stereocenters. The number of hydrogen-bond donors (Lipinski definition) is 1. The van der Waals surface area contributed by atoms with Crippen LogP contribution >= 0.6 is 0 Å². The number of methoxy groups -OCH3 is 2. The molecule has 0 aliphatic carbocycles. The van der Waals surface area contributed by atoms with Crippen molar-refractivity contribution in [1.82, 2.24) is 4.90 Å².